The van der Waals surface area contributed by atoms with Crippen LogP contribution < -0.4 is 5.56 Å². The normalized spacial score (nSPS) is 10.9. The van der Waals surface area contributed by atoms with Gasteiger partial charge in [0.2, 0.25) is 0 Å². The summed E-state index contributed by atoms with van der Waals surface area (Å²) in [5.74, 6) is -0.395. The highest BCUT2D eigenvalue weighted by molar-refractivity contribution is 7.21. The number of thiophene rings is 1. The summed E-state index contributed by atoms with van der Waals surface area (Å²) in [5.41, 5.74) is 0.130. The van der Waals surface area contributed by atoms with Crippen LogP contribution in [0, 0.1) is 11.3 Å². The van der Waals surface area contributed by atoms with Crippen molar-refractivity contribution in [3.05, 3.63) is 74.6 Å². The topological polar surface area (TPSA) is 85.0 Å². The Morgan fingerprint density at radius 2 is 1.89 bits per heavy atom. The Morgan fingerprint density at radius 1 is 1.18 bits per heavy atom. The second kappa shape index (κ2) is 7.43. The van der Waals surface area contributed by atoms with Crippen molar-refractivity contribution in [3.63, 3.8) is 0 Å². The molecule has 0 unspecified atom stereocenters. The molecule has 0 aliphatic heterocycles. The minimum absolute atomic E-state index is 0.187. The molecule has 0 spiro atoms. The molecule has 2 aromatic carbocycles. The second-order valence-electron chi connectivity index (χ2n) is 5.91. The number of rotatable bonds is 4. The van der Waals surface area contributed by atoms with E-state index in [1.807, 2.05) is 30.3 Å². The van der Waals surface area contributed by atoms with Crippen molar-refractivity contribution in [1.29, 1.82) is 5.26 Å². The minimum Gasteiger partial charge on any atom is -0.453 e. The van der Waals surface area contributed by atoms with Crippen molar-refractivity contribution < 1.29 is 9.53 Å². The summed E-state index contributed by atoms with van der Waals surface area (Å²) in [6.45, 7) is -0.432. The average Bonchev–Trinajstić information content (AvgIpc) is 3.06. The van der Waals surface area contributed by atoms with Crippen molar-refractivity contribution in [2.75, 3.05) is 0 Å². The van der Waals surface area contributed by atoms with Gasteiger partial charge in [0.25, 0.3) is 5.56 Å². The SMILES string of the molecule is N#CCn1c(COC(=O)c2sc3ccccc3c2Cl)nc2ccccc2c1=O. The zero-order chi connectivity index (χ0) is 19.7. The van der Waals surface area contributed by atoms with Gasteiger partial charge in [-0.15, -0.1) is 11.3 Å². The van der Waals surface area contributed by atoms with Gasteiger partial charge in [0, 0.05) is 10.1 Å². The number of esters is 1. The Bertz CT molecular complexity index is 1320. The third-order valence-electron chi connectivity index (χ3n) is 4.22. The van der Waals surface area contributed by atoms with E-state index in [9.17, 15) is 9.59 Å². The number of carbonyl (C=O) groups is 1. The van der Waals surface area contributed by atoms with Crippen molar-refractivity contribution >= 4 is 49.9 Å². The van der Waals surface area contributed by atoms with E-state index in [4.69, 9.17) is 21.6 Å². The zero-order valence-corrected chi connectivity index (χ0v) is 16.0. The molecule has 2 aromatic heterocycles. The van der Waals surface area contributed by atoms with Crippen molar-refractivity contribution in [2.45, 2.75) is 13.2 Å². The number of fused-ring (bicyclic) bond motifs is 2. The molecule has 0 radical (unpaired) electrons. The first-order valence-electron chi connectivity index (χ1n) is 8.29. The van der Waals surface area contributed by atoms with Gasteiger partial charge in [0.15, 0.2) is 5.82 Å². The van der Waals surface area contributed by atoms with Crippen LogP contribution in [0.2, 0.25) is 5.02 Å². The second-order valence-corrected chi connectivity index (χ2v) is 7.34. The molecule has 0 N–H and O–H groups in total. The van der Waals surface area contributed by atoms with Crippen LogP contribution in [0.5, 0.6) is 0 Å². The lowest BCUT2D eigenvalue weighted by Crippen LogP contribution is -2.26. The molecule has 0 aliphatic carbocycles. The Labute approximate surface area is 168 Å². The fraction of sp³-hybridized carbons (Fsp3) is 0.100. The monoisotopic (exact) mass is 409 g/mol. The van der Waals surface area contributed by atoms with Gasteiger partial charge >= 0.3 is 5.97 Å². The predicted molar refractivity (Wildman–Crippen MR) is 108 cm³/mol. The maximum Gasteiger partial charge on any atom is 0.350 e. The summed E-state index contributed by atoms with van der Waals surface area (Å²) in [4.78, 5) is 29.9. The molecule has 4 rings (SSSR count). The van der Waals surface area contributed by atoms with Gasteiger partial charge in [0.1, 0.15) is 18.0 Å². The Kier molecular flexibility index (Phi) is 4.82. The highest BCUT2D eigenvalue weighted by Gasteiger charge is 2.19. The first kappa shape index (κ1) is 18.2. The lowest BCUT2D eigenvalue weighted by molar-refractivity contribution is 0.0463. The van der Waals surface area contributed by atoms with E-state index >= 15 is 0 Å². The van der Waals surface area contributed by atoms with Crippen molar-refractivity contribution in [1.82, 2.24) is 9.55 Å². The van der Waals surface area contributed by atoms with Gasteiger partial charge in [-0.3, -0.25) is 9.36 Å². The van der Waals surface area contributed by atoms with Crippen LogP contribution in [0.3, 0.4) is 0 Å². The van der Waals surface area contributed by atoms with E-state index in [2.05, 4.69) is 4.98 Å². The van der Waals surface area contributed by atoms with Crippen LogP contribution in [-0.4, -0.2) is 15.5 Å². The summed E-state index contributed by atoms with van der Waals surface area (Å²) in [5, 5.41) is 10.6. The molecule has 4 aromatic rings. The number of nitriles is 1. The molecule has 0 saturated heterocycles. The van der Waals surface area contributed by atoms with Gasteiger partial charge in [-0.05, 0) is 18.2 Å². The molecule has 0 atom stereocenters. The number of halogens is 1. The first-order valence-corrected chi connectivity index (χ1v) is 9.49. The molecule has 8 heteroatoms. The Morgan fingerprint density at radius 3 is 2.64 bits per heavy atom. The average molecular weight is 410 g/mol. The molecule has 0 aliphatic rings. The van der Waals surface area contributed by atoms with Gasteiger partial charge in [-0.1, -0.05) is 41.9 Å². The molecule has 0 saturated carbocycles. The van der Waals surface area contributed by atoms with Crippen molar-refractivity contribution in [3.8, 4) is 6.07 Å². The maximum absolute atomic E-state index is 12.6. The van der Waals surface area contributed by atoms with E-state index in [-0.39, 0.29) is 29.4 Å². The van der Waals surface area contributed by atoms with E-state index in [1.54, 1.807) is 24.3 Å². The number of hydrogen-bond donors (Lipinski definition) is 0. The Balaban J connectivity index is 1.67. The number of nitrogens with zero attached hydrogens (tertiary/aromatic N) is 3. The van der Waals surface area contributed by atoms with Gasteiger partial charge in [0.05, 0.1) is 22.0 Å². The lowest BCUT2D eigenvalue weighted by Gasteiger charge is -2.11. The number of ether oxygens (including phenoxy) is 1. The van der Waals surface area contributed by atoms with E-state index < -0.39 is 5.97 Å². The van der Waals surface area contributed by atoms with E-state index in [1.165, 1.54) is 15.9 Å². The molecule has 0 fully saturated rings. The van der Waals surface area contributed by atoms with Crippen LogP contribution in [0.15, 0.2) is 53.3 Å². The summed E-state index contributed by atoms with van der Waals surface area (Å²) < 4.78 is 7.46. The fourth-order valence-corrected chi connectivity index (χ4v) is 4.30. The molecule has 2 heterocycles. The number of benzene rings is 2. The number of carbonyl (C=O) groups excluding carboxylic acids is 1. The maximum atomic E-state index is 12.6. The number of aromatic nitrogens is 2. The molecular weight excluding hydrogens is 398 g/mol. The molecule has 0 bridgehead atoms. The lowest BCUT2D eigenvalue weighted by atomic mass is 10.2. The van der Waals surface area contributed by atoms with E-state index in [0.29, 0.717) is 15.9 Å². The van der Waals surface area contributed by atoms with Crippen LogP contribution in [-0.2, 0) is 17.9 Å². The molecule has 0 amide bonds. The van der Waals surface area contributed by atoms with Crippen LogP contribution in [0.1, 0.15) is 15.5 Å². The predicted octanol–water partition coefficient (Wildman–Crippen LogP) is 4.15. The molecular formula is C20H12ClN3O3S. The van der Waals surface area contributed by atoms with Crippen LogP contribution in [0.25, 0.3) is 21.0 Å². The van der Waals surface area contributed by atoms with Crippen LogP contribution in [0.4, 0.5) is 0 Å². The fourth-order valence-electron chi connectivity index (χ4n) is 2.90. The quantitative estimate of drug-likeness (QED) is 0.473. The zero-order valence-electron chi connectivity index (χ0n) is 14.4. The number of hydrogen-bond acceptors (Lipinski definition) is 6. The van der Waals surface area contributed by atoms with Gasteiger partial charge in [-0.25, -0.2) is 9.78 Å². The molecule has 6 nitrogen and oxygen atoms in total. The number of para-hydroxylation sites is 1. The summed E-state index contributed by atoms with van der Waals surface area (Å²) in [6, 6.07) is 16.2. The Hall–Kier alpha value is -3.21. The van der Waals surface area contributed by atoms with Gasteiger partial charge in [-0.2, -0.15) is 5.26 Å². The van der Waals surface area contributed by atoms with Gasteiger partial charge < -0.3 is 4.74 Å². The minimum atomic E-state index is -0.600. The first-order chi connectivity index (χ1) is 13.6. The van der Waals surface area contributed by atoms with E-state index in [0.717, 1.165) is 10.1 Å². The third kappa shape index (κ3) is 3.13. The smallest absolute Gasteiger partial charge is 0.350 e. The third-order valence-corrected chi connectivity index (χ3v) is 5.88. The summed E-state index contributed by atoms with van der Waals surface area (Å²) in [6.07, 6.45) is 0. The van der Waals surface area contributed by atoms with Crippen molar-refractivity contribution in [2.24, 2.45) is 0 Å². The van der Waals surface area contributed by atoms with Crippen LogP contribution >= 0.6 is 22.9 Å². The standard InChI is InChI=1S/C20H12ClN3O3S/c21-17-13-6-2-4-8-15(13)28-18(17)20(26)27-11-16-23-14-7-3-1-5-12(14)19(25)24(16)10-9-22/h1-8H,10-11H2. The molecule has 28 heavy (non-hydrogen) atoms. The highest BCUT2D eigenvalue weighted by atomic mass is 35.5. The summed E-state index contributed by atoms with van der Waals surface area (Å²) >= 11 is 7.55. The molecule has 138 valence electrons. The largest absolute Gasteiger partial charge is 0.453 e. The summed E-state index contributed by atoms with van der Waals surface area (Å²) in [7, 11) is 0. The highest BCUT2D eigenvalue weighted by Crippen LogP contribution is 2.35.